The number of nitrogens with zero attached hydrogens (tertiary/aromatic N) is 1. The fourth-order valence-corrected chi connectivity index (χ4v) is 7.44. The third kappa shape index (κ3) is 9.70. The Morgan fingerprint density at radius 1 is 0.814 bits per heavy atom. The van der Waals surface area contributed by atoms with Crippen molar-refractivity contribution in [1.29, 1.82) is 0 Å². The number of hydroxylamine groups is 2. The number of thioether (sulfide) groups is 1. The maximum atomic E-state index is 14.6. The summed E-state index contributed by atoms with van der Waals surface area (Å²) in [5.41, 5.74) is 1.08. The summed E-state index contributed by atoms with van der Waals surface area (Å²) in [7, 11) is 5.99. The molecule has 0 saturated carbocycles. The van der Waals surface area contributed by atoms with E-state index in [4.69, 9.17) is 33.2 Å². The smallest absolute Gasteiger partial charge is 0.285 e. The molecule has 59 heavy (non-hydrogen) atoms. The predicted molar refractivity (Wildman–Crippen MR) is 211 cm³/mol. The van der Waals surface area contributed by atoms with Crippen molar-refractivity contribution in [2.75, 3.05) is 35.0 Å². The number of halogens is 4. The predicted octanol–water partition coefficient (Wildman–Crippen LogP) is 10.4. The normalized spacial score (nSPS) is 15.5. The minimum atomic E-state index is -1.55. The molecule has 0 radical (unpaired) electrons. The van der Waals surface area contributed by atoms with E-state index in [-0.39, 0.29) is 47.3 Å². The number of para-hydroxylation sites is 2. The van der Waals surface area contributed by atoms with Gasteiger partial charge in [0.2, 0.25) is 5.75 Å². The molecule has 1 aliphatic rings. The summed E-state index contributed by atoms with van der Waals surface area (Å²) in [5, 5.41) is 11.3. The number of benzene rings is 5. The quantitative estimate of drug-likeness (QED) is 0.0258. The van der Waals surface area contributed by atoms with Crippen LogP contribution in [-0.4, -0.2) is 56.7 Å². The molecule has 1 heterocycles. The van der Waals surface area contributed by atoms with Crippen LogP contribution >= 0.6 is 11.8 Å². The molecule has 0 spiro atoms. The van der Waals surface area contributed by atoms with Gasteiger partial charge in [0.05, 0.1) is 51.6 Å². The van der Waals surface area contributed by atoms with E-state index in [2.05, 4.69) is 0 Å². The molecule has 0 aliphatic carbocycles. The zero-order valence-corrected chi connectivity index (χ0v) is 33.5. The van der Waals surface area contributed by atoms with Crippen LogP contribution in [0.5, 0.6) is 40.2 Å². The maximum Gasteiger partial charge on any atom is 0.285 e. The monoisotopic (exact) mass is 835 g/mol. The number of methoxy groups -OCH3 is 4. The van der Waals surface area contributed by atoms with Crippen LogP contribution in [0.15, 0.2) is 102 Å². The number of hydrogen-bond donors (Lipinski definition) is 1. The van der Waals surface area contributed by atoms with E-state index in [1.54, 1.807) is 48.5 Å². The number of allylic oxidation sites excluding steroid dienone is 1. The standard InChI is InChI=1S/C44H41F4NO9S/c1-25(59-43-39(47)32(45)23-33(46)40(43)48)57-41-26(12-11-17-49(51)44(50)31-15-9-10-16-34(31)58-30-13-7-6-8-14-30)18-27(19-36(41)52-2)29-22-35(56-24-29)28-20-37(53-3)42(55-5)38(21-28)54-4/h6-11,13-21,23,25,29,35,51H,12,22,24H2,1-5H3/b17-11+. The van der Waals surface area contributed by atoms with Gasteiger partial charge in [-0.3, -0.25) is 10.0 Å². The summed E-state index contributed by atoms with van der Waals surface area (Å²) in [4.78, 5) is 12.5. The number of amides is 1. The van der Waals surface area contributed by atoms with Gasteiger partial charge >= 0.3 is 0 Å². The van der Waals surface area contributed by atoms with E-state index in [0.717, 1.165) is 11.1 Å². The molecule has 1 aliphatic heterocycles. The van der Waals surface area contributed by atoms with Gasteiger partial charge in [0.15, 0.2) is 46.3 Å². The van der Waals surface area contributed by atoms with Crippen LogP contribution in [0.25, 0.3) is 0 Å². The zero-order chi connectivity index (χ0) is 42.2. The van der Waals surface area contributed by atoms with Gasteiger partial charge in [0, 0.05) is 23.7 Å². The van der Waals surface area contributed by atoms with Crippen molar-refractivity contribution in [3.05, 3.63) is 143 Å². The van der Waals surface area contributed by atoms with Gasteiger partial charge in [-0.15, -0.1) is 0 Å². The average molecular weight is 836 g/mol. The van der Waals surface area contributed by atoms with Gasteiger partial charge in [0.1, 0.15) is 16.9 Å². The molecule has 6 rings (SSSR count). The highest BCUT2D eigenvalue weighted by molar-refractivity contribution is 7.99. The molecule has 15 heteroatoms. The second-order valence-electron chi connectivity index (χ2n) is 13.2. The first-order chi connectivity index (χ1) is 28.5. The first-order valence-electron chi connectivity index (χ1n) is 18.3. The molecule has 1 saturated heterocycles. The van der Waals surface area contributed by atoms with Crippen molar-refractivity contribution in [2.24, 2.45) is 0 Å². The molecular formula is C44H41F4NO9S. The van der Waals surface area contributed by atoms with Crippen LogP contribution < -0.4 is 28.4 Å². The van der Waals surface area contributed by atoms with Crippen molar-refractivity contribution < 1.29 is 60.7 Å². The van der Waals surface area contributed by atoms with E-state index in [0.29, 0.717) is 58.4 Å². The molecule has 310 valence electrons. The van der Waals surface area contributed by atoms with Gasteiger partial charge in [-0.25, -0.2) is 17.6 Å². The second-order valence-corrected chi connectivity index (χ2v) is 14.5. The minimum absolute atomic E-state index is 0.0463. The van der Waals surface area contributed by atoms with Crippen molar-refractivity contribution in [2.45, 2.75) is 42.1 Å². The minimum Gasteiger partial charge on any atom is -0.493 e. The molecule has 0 aromatic heterocycles. The van der Waals surface area contributed by atoms with Crippen molar-refractivity contribution >= 4 is 17.7 Å². The van der Waals surface area contributed by atoms with Crippen molar-refractivity contribution in [1.82, 2.24) is 5.06 Å². The van der Waals surface area contributed by atoms with E-state index >= 15 is 0 Å². The van der Waals surface area contributed by atoms with E-state index in [9.17, 15) is 27.6 Å². The van der Waals surface area contributed by atoms with Crippen molar-refractivity contribution in [3.63, 3.8) is 0 Å². The Labute approximate surface area is 342 Å². The fourth-order valence-electron chi connectivity index (χ4n) is 6.56. The Bertz CT molecular complexity index is 2260. The third-order valence-corrected chi connectivity index (χ3v) is 10.4. The highest BCUT2D eigenvalue weighted by Crippen LogP contribution is 2.47. The van der Waals surface area contributed by atoms with Gasteiger partial charge in [0.25, 0.3) is 5.91 Å². The molecule has 3 atom stereocenters. The maximum absolute atomic E-state index is 14.6. The van der Waals surface area contributed by atoms with E-state index in [1.807, 2.05) is 24.3 Å². The average Bonchev–Trinajstić information content (AvgIpc) is 3.75. The first kappa shape index (κ1) is 42.7. The lowest BCUT2D eigenvalue weighted by molar-refractivity contribution is -0.0206. The van der Waals surface area contributed by atoms with Crippen LogP contribution in [0.3, 0.4) is 0 Å². The Morgan fingerprint density at radius 2 is 1.42 bits per heavy atom. The first-order valence-corrected chi connectivity index (χ1v) is 19.1. The molecule has 0 bridgehead atoms. The van der Waals surface area contributed by atoms with Crippen molar-refractivity contribution in [3.8, 4) is 40.2 Å². The summed E-state index contributed by atoms with van der Waals surface area (Å²) in [6.07, 6.45) is 2.91. The molecule has 10 nitrogen and oxygen atoms in total. The highest BCUT2D eigenvalue weighted by atomic mass is 32.2. The van der Waals surface area contributed by atoms with Crippen LogP contribution in [0, 0.1) is 23.3 Å². The highest BCUT2D eigenvalue weighted by Gasteiger charge is 2.32. The van der Waals surface area contributed by atoms with Crippen LogP contribution in [0.4, 0.5) is 17.6 Å². The number of hydrogen-bond acceptors (Lipinski definition) is 10. The van der Waals surface area contributed by atoms with Crippen LogP contribution in [0.2, 0.25) is 0 Å². The number of carbonyl (C=O) groups is 1. The number of carbonyl (C=O) groups excluding carboxylic acids is 1. The fraction of sp³-hybridized carbons (Fsp3) is 0.250. The lowest BCUT2D eigenvalue weighted by atomic mass is 9.91. The molecule has 1 fully saturated rings. The van der Waals surface area contributed by atoms with Crippen LogP contribution in [0.1, 0.15) is 52.4 Å². The molecule has 5 aromatic rings. The number of rotatable bonds is 16. The van der Waals surface area contributed by atoms with Gasteiger partial charge < -0.3 is 33.2 Å². The molecule has 5 aromatic carbocycles. The molecule has 1 amide bonds. The third-order valence-electron chi connectivity index (χ3n) is 9.42. The summed E-state index contributed by atoms with van der Waals surface area (Å²) in [5.74, 6) is -4.63. The van der Waals surface area contributed by atoms with E-state index < -0.39 is 39.5 Å². The molecule has 3 unspecified atom stereocenters. The van der Waals surface area contributed by atoms with Gasteiger partial charge in [-0.05, 0) is 73.4 Å². The Balaban J connectivity index is 1.29. The Hall–Kier alpha value is -5.90. The summed E-state index contributed by atoms with van der Waals surface area (Å²) >= 11 is 0.436. The van der Waals surface area contributed by atoms with Gasteiger partial charge in [-0.1, -0.05) is 54.2 Å². The van der Waals surface area contributed by atoms with E-state index in [1.165, 1.54) is 53.7 Å². The lowest BCUT2D eigenvalue weighted by Crippen LogP contribution is -2.22. The zero-order valence-electron chi connectivity index (χ0n) is 32.7. The summed E-state index contributed by atoms with van der Waals surface area (Å²) in [6, 6.07) is 22.7. The molecule has 1 N–H and O–H groups in total. The lowest BCUT2D eigenvalue weighted by Gasteiger charge is -2.22. The molecular weight excluding hydrogens is 795 g/mol. The summed E-state index contributed by atoms with van der Waals surface area (Å²) < 4.78 is 98.1. The van der Waals surface area contributed by atoms with Crippen LogP contribution in [-0.2, 0) is 11.2 Å². The largest absolute Gasteiger partial charge is 0.493 e. The SMILES string of the molecule is COc1cc(C2COC(c3cc(OC)c(OC)c(OC)c3)C2)cc(C/C=C/N(O)C(=O)c2ccccc2Oc2ccccc2)c1OC(C)Sc1c(F)c(F)cc(F)c1F. The summed E-state index contributed by atoms with van der Waals surface area (Å²) in [6.45, 7) is 1.77. The Morgan fingerprint density at radius 3 is 2.07 bits per heavy atom. The number of ether oxygens (including phenoxy) is 7. The second kappa shape index (κ2) is 19.2. The van der Waals surface area contributed by atoms with Gasteiger partial charge in [-0.2, -0.15) is 5.06 Å². The Kier molecular flexibility index (Phi) is 13.9. The topological polar surface area (TPSA) is 105 Å².